The Kier molecular flexibility index (Phi) is 3.90. The molecular formula is C17H24N2O. The molecule has 2 fully saturated rings. The Bertz CT molecular complexity index is 470. The van der Waals surface area contributed by atoms with Crippen LogP contribution in [0.4, 0.5) is 0 Å². The maximum Gasteiger partial charge on any atom is 0.150 e. The van der Waals surface area contributed by atoms with E-state index in [0.29, 0.717) is 12.0 Å². The van der Waals surface area contributed by atoms with E-state index in [1.807, 2.05) is 12.1 Å². The molecule has 0 aromatic heterocycles. The summed E-state index contributed by atoms with van der Waals surface area (Å²) in [6, 6.07) is 9.59. The summed E-state index contributed by atoms with van der Waals surface area (Å²) in [5, 5.41) is 3.50. The van der Waals surface area contributed by atoms with Crippen LogP contribution >= 0.6 is 0 Å². The van der Waals surface area contributed by atoms with Gasteiger partial charge in [0.25, 0.3) is 0 Å². The highest BCUT2D eigenvalue weighted by Gasteiger charge is 2.52. The first-order valence-corrected chi connectivity index (χ1v) is 7.76. The van der Waals surface area contributed by atoms with Gasteiger partial charge >= 0.3 is 0 Å². The van der Waals surface area contributed by atoms with Crippen molar-refractivity contribution in [3.63, 3.8) is 0 Å². The van der Waals surface area contributed by atoms with Gasteiger partial charge in [0.15, 0.2) is 0 Å². The molecule has 0 amide bonds. The first kappa shape index (κ1) is 13.8. The molecule has 3 heteroatoms. The topological polar surface area (TPSA) is 32.1 Å². The Hall–Kier alpha value is -1.19. The van der Waals surface area contributed by atoms with Crippen molar-refractivity contribution in [1.82, 2.24) is 10.2 Å². The number of nitrogens with one attached hydrogen (secondary N) is 1. The molecule has 108 valence electrons. The van der Waals surface area contributed by atoms with Crippen molar-refractivity contribution in [3.8, 4) is 0 Å². The van der Waals surface area contributed by atoms with Crippen LogP contribution in [0.2, 0.25) is 0 Å². The second-order valence-electron chi connectivity index (χ2n) is 6.21. The second kappa shape index (κ2) is 5.66. The third kappa shape index (κ3) is 2.52. The molecule has 2 aliphatic rings. The van der Waals surface area contributed by atoms with Gasteiger partial charge in [-0.15, -0.1) is 0 Å². The number of benzene rings is 1. The smallest absolute Gasteiger partial charge is 0.150 e. The quantitative estimate of drug-likeness (QED) is 0.637. The lowest BCUT2D eigenvalue weighted by atomic mass is 9.88. The number of hydrogen-bond acceptors (Lipinski definition) is 3. The summed E-state index contributed by atoms with van der Waals surface area (Å²) in [5.74, 6) is 1.36. The molecule has 5 unspecified atom stereocenters. The minimum absolute atomic E-state index is 0.548. The highest BCUT2D eigenvalue weighted by atomic mass is 16.1. The van der Waals surface area contributed by atoms with Crippen molar-refractivity contribution in [2.24, 2.45) is 5.92 Å². The molecule has 0 aliphatic carbocycles. The van der Waals surface area contributed by atoms with Crippen molar-refractivity contribution in [2.45, 2.75) is 38.3 Å². The van der Waals surface area contributed by atoms with Crippen molar-refractivity contribution in [2.75, 3.05) is 19.6 Å². The van der Waals surface area contributed by atoms with Gasteiger partial charge in [-0.05, 0) is 36.9 Å². The molecule has 3 nitrogen and oxygen atoms in total. The van der Waals surface area contributed by atoms with E-state index in [1.165, 1.54) is 18.5 Å². The summed E-state index contributed by atoms with van der Waals surface area (Å²) in [6.07, 6.45) is 2.21. The van der Waals surface area contributed by atoms with Crippen LogP contribution in [0.1, 0.15) is 42.1 Å². The van der Waals surface area contributed by atoms with Crippen LogP contribution in [-0.2, 0) is 0 Å². The molecule has 2 heterocycles. The van der Waals surface area contributed by atoms with E-state index >= 15 is 0 Å². The number of carbonyl (C=O) groups is 1. The van der Waals surface area contributed by atoms with Crippen molar-refractivity contribution >= 4 is 6.29 Å². The van der Waals surface area contributed by atoms with Crippen LogP contribution in [0.15, 0.2) is 24.3 Å². The van der Waals surface area contributed by atoms with E-state index < -0.39 is 0 Å². The molecule has 1 aromatic carbocycles. The van der Waals surface area contributed by atoms with Crippen LogP contribution in [0, 0.1) is 5.92 Å². The van der Waals surface area contributed by atoms with E-state index in [0.717, 1.165) is 36.9 Å². The van der Waals surface area contributed by atoms with Gasteiger partial charge in [-0.2, -0.15) is 0 Å². The number of rotatable bonds is 6. The van der Waals surface area contributed by atoms with Crippen molar-refractivity contribution in [3.05, 3.63) is 35.4 Å². The highest BCUT2D eigenvalue weighted by molar-refractivity contribution is 5.74. The summed E-state index contributed by atoms with van der Waals surface area (Å²) in [7, 11) is 0. The van der Waals surface area contributed by atoms with Crippen LogP contribution in [0.3, 0.4) is 0 Å². The van der Waals surface area contributed by atoms with E-state index in [2.05, 4.69) is 36.2 Å². The summed E-state index contributed by atoms with van der Waals surface area (Å²) < 4.78 is 0. The zero-order valence-electron chi connectivity index (χ0n) is 12.4. The Morgan fingerprint density at radius 2 is 2.15 bits per heavy atom. The number of carbonyl (C=O) groups excluding carboxylic acids is 1. The molecule has 2 saturated heterocycles. The largest absolute Gasteiger partial charge is 0.317 e. The number of fused-ring (bicyclic) bond motifs is 1. The van der Waals surface area contributed by atoms with Crippen molar-refractivity contribution < 1.29 is 4.79 Å². The average Bonchev–Trinajstić information content (AvgIpc) is 3.20. The van der Waals surface area contributed by atoms with E-state index in [4.69, 9.17) is 0 Å². The number of piperidine rings is 1. The first-order valence-electron chi connectivity index (χ1n) is 7.76. The molecule has 0 saturated carbocycles. The Balaban J connectivity index is 1.65. The maximum atomic E-state index is 10.7. The predicted octanol–water partition coefficient (Wildman–Crippen LogP) is 2.28. The summed E-state index contributed by atoms with van der Waals surface area (Å²) in [5.41, 5.74) is 2.12. The molecule has 0 spiro atoms. The van der Waals surface area contributed by atoms with E-state index in [9.17, 15) is 4.79 Å². The van der Waals surface area contributed by atoms with Crippen LogP contribution < -0.4 is 5.32 Å². The predicted molar refractivity (Wildman–Crippen MR) is 81.2 cm³/mol. The Morgan fingerprint density at radius 3 is 2.80 bits per heavy atom. The molecule has 20 heavy (non-hydrogen) atoms. The second-order valence-corrected chi connectivity index (χ2v) is 6.21. The minimum Gasteiger partial charge on any atom is -0.317 e. The summed E-state index contributed by atoms with van der Waals surface area (Å²) in [4.78, 5) is 13.4. The highest BCUT2D eigenvalue weighted by Crippen LogP contribution is 2.45. The number of nitrogens with zero attached hydrogens (tertiary/aromatic N) is 1. The SMILES string of the molecule is CCNCC1CC(C(C)c2ccc(C=O)cc2)N2CC12. The fourth-order valence-electron chi connectivity index (χ4n) is 3.71. The fourth-order valence-corrected chi connectivity index (χ4v) is 3.71. The third-order valence-corrected chi connectivity index (χ3v) is 5.04. The number of hydrogen-bond donors (Lipinski definition) is 1. The van der Waals surface area contributed by atoms with Gasteiger partial charge < -0.3 is 5.32 Å². The van der Waals surface area contributed by atoms with Crippen LogP contribution in [0.25, 0.3) is 0 Å². The summed E-state index contributed by atoms with van der Waals surface area (Å²) >= 11 is 0. The Morgan fingerprint density at radius 1 is 1.40 bits per heavy atom. The molecule has 2 aliphatic heterocycles. The normalized spacial score (nSPS) is 32.7. The third-order valence-electron chi connectivity index (χ3n) is 5.04. The van der Waals surface area contributed by atoms with Gasteiger partial charge in [-0.1, -0.05) is 38.1 Å². The monoisotopic (exact) mass is 272 g/mol. The van der Waals surface area contributed by atoms with Crippen molar-refractivity contribution in [1.29, 1.82) is 0 Å². The lowest BCUT2D eigenvalue weighted by Gasteiger charge is -2.23. The van der Waals surface area contributed by atoms with Crippen LogP contribution in [0.5, 0.6) is 0 Å². The molecule has 5 atom stereocenters. The average molecular weight is 272 g/mol. The molecule has 3 rings (SSSR count). The maximum absolute atomic E-state index is 10.7. The van der Waals surface area contributed by atoms with Crippen LogP contribution in [-0.4, -0.2) is 42.9 Å². The van der Waals surface area contributed by atoms with Gasteiger partial charge in [-0.25, -0.2) is 0 Å². The molecule has 1 aromatic rings. The van der Waals surface area contributed by atoms with Gasteiger partial charge in [0.05, 0.1) is 0 Å². The van der Waals surface area contributed by atoms with Gasteiger partial charge in [0, 0.05) is 24.2 Å². The molecule has 0 radical (unpaired) electrons. The summed E-state index contributed by atoms with van der Waals surface area (Å²) in [6.45, 7) is 8.00. The Labute approximate surface area is 121 Å². The number of aldehydes is 1. The van der Waals surface area contributed by atoms with E-state index in [1.54, 1.807) is 0 Å². The minimum atomic E-state index is 0.548. The van der Waals surface area contributed by atoms with E-state index in [-0.39, 0.29) is 0 Å². The molecule has 0 bridgehead atoms. The molecule has 1 N–H and O–H groups in total. The fraction of sp³-hybridized carbons (Fsp3) is 0.588. The lowest BCUT2D eigenvalue weighted by molar-refractivity contribution is 0.112. The zero-order chi connectivity index (χ0) is 14.1. The first-order chi connectivity index (χ1) is 9.74. The van der Waals surface area contributed by atoms with Gasteiger partial charge in [-0.3, -0.25) is 9.69 Å². The standard InChI is InChI=1S/C17H24N2O/c1-3-18-9-15-8-16(19-10-17(15)19)12(2)14-6-4-13(11-20)5-7-14/h4-7,11-12,15-18H,3,8-10H2,1-2H3. The zero-order valence-corrected chi connectivity index (χ0v) is 12.4. The van der Waals surface area contributed by atoms with Gasteiger partial charge in [0.2, 0.25) is 0 Å². The lowest BCUT2D eigenvalue weighted by Crippen LogP contribution is -2.27. The van der Waals surface area contributed by atoms with Gasteiger partial charge in [0.1, 0.15) is 6.29 Å². The molecular weight excluding hydrogens is 248 g/mol.